The Morgan fingerprint density at radius 3 is 2.90 bits per heavy atom. The predicted molar refractivity (Wildman–Crippen MR) is 88.3 cm³/mol. The summed E-state index contributed by atoms with van der Waals surface area (Å²) in [6.45, 7) is 0. The van der Waals surface area contributed by atoms with E-state index in [0.29, 0.717) is 15.6 Å². The molecule has 1 aromatic heterocycles. The second-order valence-corrected chi connectivity index (χ2v) is 6.53. The average Bonchev–Trinajstić information content (AvgIpc) is 3.01. The van der Waals surface area contributed by atoms with Gasteiger partial charge >= 0.3 is 0 Å². The maximum absolute atomic E-state index is 13.2. The molecule has 0 saturated heterocycles. The molecule has 0 bridgehead atoms. The molecule has 0 spiro atoms. The third-order valence-electron chi connectivity index (χ3n) is 2.89. The Bertz CT molecular complexity index is 715. The van der Waals surface area contributed by atoms with E-state index < -0.39 is 0 Å². The average molecular weight is 432 g/mol. The van der Waals surface area contributed by atoms with Crippen molar-refractivity contribution in [3.8, 4) is 0 Å². The van der Waals surface area contributed by atoms with Gasteiger partial charge in [-0.15, -0.1) is 10.2 Å². The minimum Gasteiger partial charge on any atom is -0.341 e. The summed E-state index contributed by atoms with van der Waals surface area (Å²) in [6, 6.07) is 4.41. The maximum atomic E-state index is 13.2. The zero-order chi connectivity index (χ0) is 14.8. The number of halogens is 3. The molecule has 0 fully saturated rings. The highest BCUT2D eigenvalue weighted by atomic mass is 79.9. The monoisotopic (exact) mass is 430 g/mol. The number of allylic oxidation sites excluding steroid dienone is 1. The molecule has 1 N–H and O–H groups in total. The van der Waals surface area contributed by atoms with Crippen molar-refractivity contribution in [2.24, 2.45) is 4.99 Å². The van der Waals surface area contributed by atoms with Gasteiger partial charge in [0.05, 0.1) is 6.04 Å². The van der Waals surface area contributed by atoms with Crippen LogP contribution >= 0.6 is 43.2 Å². The highest BCUT2D eigenvalue weighted by Gasteiger charge is 2.21. The summed E-state index contributed by atoms with van der Waals surface area (Å²) in [5, 5.41) is 12.5. The summed E-state index contributed by atoms with van der Waals surface area (Å²) in [5.41, 5.74) is 3.55. The highest BCUT2D eigenvalue weighted by Crippen LogP contribution is 2.31. The Hall–Kier alpha value is -1.12. The van der Waals surface area contributed by atoms with Crippen LogP contribution in [0.3, 0.4) is 0 Å². The van der Waals surface area contributed by atoms with Gasteiger partial charge in [-0.05, 0) is 23.8 Å². The zero-order valence-corrected chi connectivity index (χ0v) is 14.5. The van der Waals surface area contributed by atoms with Crippen LogP contribution < -0.4 is 5.32 Å². The molecule has 4 nitrogen and oxygen atoms in total. The smallest absolute Gasteiger partial charge is 0.182 e. The van der Waals surface area contributed by atoms with Gasteiger partial charge in [0.25, 0.3) is 0 Å². The van der Waals surface area contributed by atoms with Crippen LogP contribution in [0.25, 0.3) is 0 Å². The number of amidine groups is 1. The van der Waals surface area contributed by atoms with Crippen LogP contribution in [0.15, 0.2) is 44.9 Å². The molecule has 2 heterocycles. The normalized spacial score (nSPS) is 18.0. The van der Waals surface area contributed by atoms with E-state index in [1.54, 1.807) is 11.6 Å². The Morgan fingerprint density at radius 2 is 2.24 bits per heavy atom. The van der Waals surface area contributed by atoms with Crippen molar-refractivity contribution in [1.82, 2.24) is 15.5 Å². The maximum Gasteiger partial charge on any atom is 0.182 e. The number of aromatic nitrogens is 2. The molecule has 1 atom stereocenters. The first kappa shape index (κ1) is 14.8. The van der Waals surface area contributed by atoms with Crippen LogP contribution in [0.1, 0.15) is 16.6 Å². The molecule has 1 unspecified atom stereocenters. The molecule has 2 aromatic rings. The SMILES string of the molecule is Fc1ccc(C2C=C(CBr)NC(c3nncs3)=N2)c(Br)c1. The van der Waals surface area contributed by atoms with E-state index in [4.69, 9.17) is 0 Å². The second kappa shape index (κ2) is 6.33. The van der Waals surface area contributed by atoms with Crippen molar-refractivity contribution in [2.75, 3.05) is 5.33 Å². The van der Waals surface area contributed by atoms with E-state index in [2.05, 4.69) is 52.4 Å². The Morgan fingerprint density at radius 1 is 1.38 bits per heavy atom. The van der Waals surface area contributed by atoms with Crippen LogP contribution in [-0.4, -0.2) is 21.4 Å². The Balaban J connectivity index is 2.02. The Labute approximate surface area is 141 Å². The lowest BCUT2D eigenvalue weighted by Crippen LogP contribution is -2.29. The number of hydrogen-bond donors (Lipinski definition) is 1. The van der Waals surface area contributed by atoms with Gasteiger partial charge in [-0.2, -0.15) is 0 Å². The van der Waals surface area contributed by atoms with Crippen LogP contribution in [0.2, 0.25) is 0 Å². The molecule has 0 amide bonds. The standard InChI is InChI=1S/C13H9Br2FN4S/c14-5-8-4-11(9-2-1-7(16)3-10(9)15)19-12(18-8)13-20-17-6-21-13/h1-4,6,11H,5H2,(H,18,19). The van der Waals surface area contributed by atoms with E-state index in [1.807, 2.05) is 6.08 Å². The fraction of sp³-hybridized carbons (Fsp3) is 0.154. The van der Waals surface area contributed by atoms with Crippen molar-refractivity contribution in [3.05, 3.63) is 56.3 Å². The van der Waals surface area contributed by atoms with E-state index >= 15 is 0 Å². The lowest BCUT2D eigenvalue weighted by Gasteiger charge is -2.21. The molecule has 3 rings (SSSR count). The fourth-order valence-electron chi connectivity index (χ4n) is 1.96. The van der Waals surface area contributed by atoms with Crippen LogP contribution in [0.4, 0.5) is 4.39 Å². The van der Waals surface area contributed by atoms with Gasteiger partial charge in [0.1, 0.15) is 11.3 Å². The molecule has 1 aromatic carbocycles. The third kappa shape index (κ3) is 3.22. The summed E-state index contributed by atoms with van der Waals surface area (Å²) >= 11 is 8.26. The molecule has 1 aliphatic rings. The van der Waals surface area contributed by atoms with Gasteiger partial charge in [-0.25, -0.2) is 4.39 Å². The van der Waals surface area contributed by atoms with Gasteiger partial charge < -0.3 is 5.32 Å². The fourth-order valence-corrected chi connectivity index (χ4v) is 3.37. The summed E-state index contributed by atoms with van der Waals surface area (Å²) in [4.78, 5) is 4.65. The minimum atomic E-state index is -0.280. The molecule has 0 aliphatic carbocycles. The summed E-state index contributed by atoms with van der Waals surface area (Å²) < 4.78 is 13.9. The largest absolute Gasteiger partial charge is 0.341 e. The zero-order valence-electron chi connectivity index (χ0n) is 10.6. The lowest BCUT2D eigenvalue weighted by molar-refractivity contribution is 0.625. The van der Waals surface area contributed by atoms with E-state index in [9.17, 15) is 4.39 Å². The van der Waals surface area contributed by atoms with E-state index in [0.717, 1.165) is 16.3 Å². The van der Waals surface area contributed by atoms with Crippen molar-refractivity contribution in [1.29, 1.82) is 0 Å². The van der Waals surface area contributed by atoms with Gasteiger partial charge in [-0.1, -0.05) is 49.3 Å². The van der Waals surface area contributed by atoms with Gasteiger partial charge in [-0.3, -0.25) is 4.99 Å². The first-order valence-corrected chi connectivity index (χ1v) is 8.80. The topological polar surface area (TPSA) is 50.2 Å². The van der Waals surface area contributed by atoms with Crippen LogP contribution in [0, 0.1) is 5.82 Å². The molecule has 21 heavy (non-hydrogen) atoms. The number of alkyl halides is 1. The molecule has 1 aliphatic heterocycles. The first-order chi connectivity index (χ1) is 10.2. The molecule has 0 radical (unpaired) electrons. The van der Waals surface area contributed by atoms with E-state index in [-0.39, 0.29) is 11.9 Å². The molecule has 108 valence electrons. The van der Waals surface area contributed by atoms with Crippen molar-refractivity contribution >= 4 is 49.0 Å². The predicted octanol–water partition coefficient (Wildman–Crippen LogP) is 3.81. The van der Waals surface area contributed by atoms with Crippen molar-refractivity contribution in [2.45, 2.75) is 6.04 Å². The highest BCUT2D eigenvalue weighted by molar-refractivity contribution is 9.10. The second-order valence-electron chi connectivity index (χ2n) is 4.28. The van der Waals surface area contributed by atoms with Gasteiger partial charge in [0.15, 0.2) is 10.8 Å². The molecule has 0 saturated carbocycles. The van der Waals surface area contributed by atoms with Crippen molar-refractivity contribution < 1.29 is 4.39 Å². The van der Waals surface area contributed by atoms with Crippen molar-refractivity contribution in [3.63, 3.8) is 0 Å². The molecule has 8 heteroatoms. The first-order valence-electron chi connectivity index (χ1n) is 6.00. The van der Waals surface area contributed by atoms with Gasteiger partial charge in [0, 0.05) is 15.5 Å². The number of hydrogen-bond acceptors (Lipinski definition) is 5. The van der Waals surface area contributed by atoms with Crippen LogP contribution in [0.5, 0.6) is 0 Å². The quantitative estimate of drug-likeness (QED) is 0.751. The Kier molecular flexibility index (Phi) is 4.46. The number of aliphatic imine (C=N–C) groups is 1. The van der Waals surface area contributed by atoms with Crippen LogP contribution in [-0.2, 0) is 0 Å². The molecular weight excluding hydrogens is 423 g/mol. The number of nitrogens with zero attached hydrogens (tertiary/aromatic N) is 3. The summed E-state index contributed by atoms with van der Waals surface area (Å²) in [6.07, 6.45) is 2.00. The number of benzene rings is 1. The third-order valence-corrected chi connectivity index (χ3v) is 4.88. The lowest BCUT2D eigenvalue weighted by atomic mass is 10.1. The molecular formula is C13H9Br2FN4S. The summed E-state index contributed by atoms with van der Waals surface area (Å²) in [7, 11) is 0. The number of nitrogens with one attached hydrogen (secondary N) is 1. The number of rotatable bonds is 3. The van der Waals surface area contributed by atoms with Gasteiger partial charge in [0.2, 0.25) is 0 Å². The van der Waals surface area contributed by atoms with E-state index in [1.165, 1.54) is 23.5 Å². The minimum absolute atomic E-state index is 0.201. The summed E-state index contributed by atoms with van der Waals surface area (Å²) in [5.74, 6) is 0.397.